The summed E-state index contributed by atoms with van der Waals surface area (Å²) in [6.07, 6.45) is 0. The molecule has 1 aromatic heterocycles. The van der Waals surface area contributed by atoms with Crippen molar-refractivity contribution < 1.29 is 9.16 Å². The van der Waals surface area contributed by atoms with E-state index in [-0.39, 0.29) is 22.1 Å². The highest BCUT2D eigenvalue weighted by molar-refractivity contribution is 6.31. The van der Waals surface area contributed by atoms with E-state index in [0.717, 1.165) is 0 Å². The molecule has 3 aromatic rings. The maximum absolute atomic E-state index is 12.3. The van der Waals surface area contributed by atoms with E-state index in [4.69, 9.17) is 16.3 Å². The number of hydrogen-bond acceptors (Lipinski definition) is 3. The monoisotopic (exact) mass is 276 g/mol. The quantitative estimate of drug-likeness (QED) is 0.507. The molecule has 0 saturated carbocycles. The summed E-state index contributed by atoms with van der Waals surface area (Å²) < 4.78 is 6.47. The van der Waals surface area contributed by atoms with Gasteiger partial charge in [-0.25, -0.2) is 0 Å². The molecule has 0 unspecified atom stereocenters. The van der Waals surface area contributed by atoms with Crippen molar-refractivity contribution >= 4 is 33.7 Å². The predicted octanol–water partition coefficient (Wildman–Crippen LogP) is 2.72. The van der Waals surface area contributed by atoms with Crippen molar-refractivity contribution in [3.05, 3.63) is 51.5 Å². The fourth-order valence-corrected chi connectivity index (χ4v) is 2.22. The Labute approximate surface area is 112 Å². The number of benzene rings is 2. The molecule has 0 N–H and O–H groups in total. The Bertz CT molecular complexity index is 858. The second-order valence-corrected chi connectivity index (χ2v) is 4.51. The molecule has 0 aliphatic heterocycles. The Kier molecular flexibility index (Phi) is 2.57. The van der Waals surface area contributed by atoms with E-state index in [1.165, 1.54) is 25.3 Å². The molecule has 0 amide bonds. The first-order valence-corrected chi connectivity index (χ1v) is 5.91. The van der Waals surface area contributed by atoms with Gasteiger partial charge in [-0.2, -0.15) is 0 Å². The van der Waals surface area contributed by atoms with Crippen LogP contribution in [0.4, 0.5) is 0 Å². The van der Waals surface area contributed by atoms with Crippen LogP contribution in [0.15, 0.2) is 36.4 Å². The lowest BCUT2D eigenvalue weighted by Gasteiger charge is -2.14. The van der Waals surface area contributed by atoms with E-state index in [9.17, 15) is 10.1 Å². The van der Waals surface area contributed by atoms with Gasteiger partial charge < -0.3 is 14.7 Å². The van der Waals surface area contributed by atoms with Gasteiger partial charge in [-0.05, 0) is 24.3 Å². The number of fused-ring (bicyclic) bond motifs is 2. The summed E-state index contributed by atoms with van der Waals surface area (Å²) in [5.74, 6) is 0.519. The normalized spacial score (nSPS) is 11.1. The molecule has 0 aliphatic rings. The number of rotatable bonds is 1. The number of halogens is 1. The largest absolute Gasteiger partial charge is 0.805 e. The average Bonchev–Trinajstić information content (AvgIpc) is 2.44. The molecule has 96 valence electrons. The van der Waals surface area contributed by atoms with Crippen LogP contribution in [0, 0.1) is 10.1 Å². The molecule has 6 heteroatoms. The summed E-state index contributed by atoms with van der Waals surface area (Å²) in [5.41, 5.74) is 1.02. The first kappa shape index (κ1) is 11.8. The molecule has 0 saturated heterocycles. The van der Waals surface area contributed by atoms with Crippen molar-refractivity contribution in [3.8, 4) is 5.75 Å². The highest BCUT2D eigenvalue weighted by Crippen LogP contribution is 2.23. The minimum absolute atomic E-state index is 0.236. The Hall–Kier alpha value is -2.27. The summed E-state index contributed by atoms with van der Waals surface area (Å²) >= 11 is 5.86. The molecular formula is C13H9ClN2O3. The minimum atomic E-state index is 0.236. The van der Waals surface area contributed by atoms with Crippen LogP contribution in [-0.4, -0.2) is 11.8 Å². The van der Waals surface area contributed by atoms with Crippen LogP contribution in [0.2, 0.25) is 5.02 Å². The van der Waals surface area contributed by atoms with Gasteiger partial charge in [0.25, 0.3) is 11.0 Å². The zero-order valence-electron chi connectivity index (χ0n) is 9.96. The van der Waals surface area contributed by atoms with Crippen LogP contribution < -0.4 is 9.16 Å². The van der Waals surface area contributed by atoms with Gasteiger partial charge in [0.15, 0.2) is 0 Å². The minimum Gasteiger partial charge on any atom is -0.805 e. The Morgan fingerprint density at radius 1 is 1.16 bits per heavy atom. The van der Waals surface area contributed by atoms with Crippen molar-refractivity contribution in [2.75, 3.05) is 7.11 Å². The Morgan fingerprint density at radius 3 is 2.68 bits per heavy atom. The lowest BCUT2D eigenvalue weighted by atomic mass is 10.2. The molecule has 5 nitrogen and oxygen atoms in total. The third-order valence-electron chi connectivity index (χ3n) is 3.00. The molecule has 0 bridgehead atoms. The van der Waals surface area contributed by atoms with E-state index in [1.807, 2.05) is 0 Å². The van der Waals surface area contributed by atoms with Crippen LogP contribution in [0.3, 0.4) is 0 Å². The summed E-state index contributed by atoms with van der Waals surface area (Å²) in [6.45, 7) is 0. The standard InChI is InChI=1S/C13H9ClN2O3/c1-19-9-3-5-11-13(7-9)16(18)10-4-2-8(14)6-12(10)15(11)17/h2-7H,1H3. The SMILES string of the molecule is COc1ccc2c(c1)[n+](=O)c1ccc(Cl)cc1n2[O-]. The highest BCUT2D eigenvalue weighted by atomic mass is 35.5. The molecule has 0 spiro atoms. The summed E-state index contributed by atoms with van der Waals surface area (Å²) in [4.78, 5) is 12.3. The molecule has 0 aliphatic carbocycles. The Balaban J connectivity index is 2.56. The van der Waals surface area contributed by atoms with Crippen molar-refractivity contribution in [2.45, 2.75) is 0 Å². The maximum Gasteiger partial charge on any atom is 0.290 e. The summed E-state index contributed by atoms with van der Waals surface area (Å²) in [6, 6.07) is 9.29. The van der Waals surface area contributed by atoms with Gasteiger partial charge >= 0.3 is 0 Å². The average molecular weight is 277 g/mol. The van der Waals surface area contributed by atoms with E-state index in [0.29, 0.717) is 19.9 Å². The fraction of sp³-hybridized carbons (Fsp3) is 0.0769. The van der Waals surface area contributed by atoms with Crippen molar-refractivity contribution in [1.82, 2.24) is 4.73 Å². The summed E-state index contributed by atoms with van der Waals surface area (Å²) in [7, 11) is 1.50. The smallest absolute Gasteiger partial charge is 0.290 e. The molecular weight excluding hydrogens is 268 g/mol. The van der Waals surface area contributed by atoms with Crippen LogP contribution in [0.1, 0.15) is 0 Å². The molecule has 19 heavy (non-hydrogen) atoms. The van der Waals surface area contributed by atoms with Gasteiger partial charge in [-0.3, -0.25) is 0 Å². The van der Waals surface area contributed by atoms with Crippen LogP contribution in [-0.2, 0) is 0 Å². The summed E-state index contributed by atoms with van der Waals surface area (Å²) in [5, 5.41) is 12.7. The van der Waals surface area contributed by atoms with E-state index >= 15 is 0 Å². The van der Waals surface area contributed by atoms with E-state index in [1.54, 1.807) is 18.2 Å². The van der Waals surface area contributed by atoms with E-state index < -0.39 is 0 Å². The predicted molar refractivity (Wildman–Crippen MR) is 73.1 cm³/mol. The first-order chi connectivity index (χ1) is 9.11. The fourth-order valence-electron chi connectivity index (χ4n) is 2.06. The number of nitrogens with zero attached hydrogens (tertiary/aromatic N) is 2. The van der Waals surface area contributed by atoms with Gasteiger partial charge in [-0.15, -0.1) is 0 Å². The third kappa shape index (κ3) is 1.70. The van der Waals surface area contributed by atoms with Crippen molar-refractivity contribution in [1.29, 1.82) is 0 Å². The van der Waals surface area contributed by atoms with Crippen LogP contribution in [0.5, 0.6) is 5.75 Å². The second-order valence-electron chi connectivity index (χ2n) is 4.08. The lowest BCUT2D eigenvalue weighted by molar-refractivity contribution is -0.432. The second kappa shape index (κ2) is 4.13. The van der Waals surface area contributed by atoms with Gasteiger partial charge in [0, 0.05) is 16.0 Å². The van der Waals surface area contributed by atoms with Gasteiger partial charge in [0.05, 0.1) is 17.6 Å². The number of aromatic nitrogens is 2. The van der Waals surface area contributed by atoms with Crippen molar-refractivity contribution in [2.24, 2.45) is 0 Å². The highest BCUT2D eigenvalue weighted by Gasteiger charge is 2.16. The topological polar surface area (TPSA) is 60.2 Å². The number of ether oxygens (including phenoxy) is 1. The van der Waals surface area contributed by atoms with Crippen molar-refractivity contribution in [3.63, 3.8) is 0 Å². The molecule has 1 heterocycles. The molecule has 0 atom stereocenters. The Morgan fingerprint density at radius 2 is 1.95 bits per heavy atom. The molecule has 3 rings (SSSR count). The third-order valence-corrected chi connectivity index (χ3v) is 3.23. The first-order valence-electron chi connectivity index (χ1n) is 5.54. The van der Waals surface area contributed by atoms with Gasteiger partial charge in [0.2, 0.25) is 0 Å². The molecule has 0 fully saturated rings. The van der Waals surface area contributed by atoms with Gasteiger partial charge in [0.1, 0.15) is 16.8 Å². The zero-order chi connectivity index (χ0) is 13.6. The van der Waals surface area contributed by atoms with Crippen LogP contribution >= 0.6 is 11.6 Å². The van der Waals surface area contributed by atoms with E-state index in [2.05, 4.69) is 0 Å². The maximum atomic E-state index is 12.3. The lowest BCUT2D eigenvalue weighted by Crippen LogP contribution is -2.19. The number of methoxy groups -OCH3 is 1. The molecule has 2 aromatic carbocycles. The number of hydrogen-bond donors (Lipinski definition) is 0. The molecule has 0 radical (unpaired) electrons. The van der Waals surface area contributed by atoms with Gasteiger partial charge in [-0.1, -0.05) is 11.6 Å². The zero-order valence-corrected chi connectivity index (χ0v) is 10.7. The van der Waals surface area contributed by atoms with Crippen LogP contribution in [0.25, 0.3) is 22.1 Å².